The van der Waals surface area contributed by atoms with E-state index in [2.05, 4.69) is 15.3 Å². The van der Waals surface area contributed by atoms with Gasteiger partial charge in [-0.25, -0.2) is 14.8 Å². The summed E-state index contributed by atoms with van der Waals surface area (Å²) in [5, 5.41) is 13.7. The van der Waals surface area contributed by atoms with Gasteiger partial charge in [0.05, 0.1) is 10.2 Å². The van der Waals surface area contributed by atoms with Crippen molar-refractivity contribution in [3.05, 3.63) is 88.7 Å². The highest BCUT2D eigenvalue weighted by atomic mass is 32.1. The minimum Gasteiger partial charge on any atom is -0.476 e. The smallest absolute Gasteiger partial charge is 0.355 e. The van der Waals surface area contributed by atoms with Gasteiger partial charge in [0.25, 0.3) is 5.91 Å². The number of carbonyl (C=O) groups is 2. The zero-order valence-electron chi connectivity index (χ0n) is 24.0. The second-order valence-electron chi connectivity index (χ2n) is 11.1. The molecule has 4 N–H and O–H groups in total. The number of nitrogens with one attached hydrogen (secondary N) is 1. The Morgan fingerprint density at radius 2 is 1.91 bits per heavy atom. The number of nitrogens with two attached hydrogens (primary N) is 1. The number of pyridine rings is 1. The SMILES string of the molecule is CC(=NCC1CCCC1)/C(=C\N)c1ccc(N2CCc3cccc(C(=O)Nc4nc5ccccc5s4)c3C2)nc1C(=O)O. The quantitative estimate of drug-likeness (QED) is 0.208. The predicted molar refractivity (Wildman–Crippen MR) is 172 cm³/mol. The van der Waals surface area contributed by atoms with Gasteiger partial charge in [-0.1, -0.05) is 48.4 Å². The number of carbonyl (C=O) groups excluding carboxylic acids is 1. The lowest BCUT2D eigenvalue weighted by atomic mass is 9.94. The van der Waals surface area contributed by atoms with Crippen LogP contribution in [0, 0.1) is 5.92 Å². The standard InChI is InChI=1S/C33H34N6O3S/c1-20(35-18-21-7-2-3-8-21)25(17-34)23-13-14-29(37-30(23)32(41)42)39-16-15-22-9-6-10-24(26(22)19-39)31(40)38-33-36-27-11-4-5-12-28(27)43-33/h4-6,9-14,17,21H,2-3,7-8,15-16,18-19,34H2,1H3,(H,41,42)(H,36,38,40)/b25-17+,35-20?. The van der Waals surface area contributed by atoms with Crippen molar-refractivity contribution in [3.8, 4) is 0 Å². The summed E-state index contributed by atoms with van der Waals surface area (Å²) >= 11 is 1.43. The van der Waals surface area contributed by atoms with E-state index >= 15 is 0 Å². The van der Waals surface area contributed by atoms with E-state index in [0.717, 1.165) is 27.9 Å². The Balaban J connectivity index is 1.24. The number of aromatic carboxylic acids is 1. The molecule has 1 amide bonds. The van der Waals surface area contributed by atoms with Gasteiger partial charge in [-0.3, -0.25) is 15.1 Å². The monoisotopic (exact) mass is 594 g/mol. The number of aliphatic imine (C=N–C) groups is 1. The van der Waals surface area contributed by atoms with Crippen molar-refractivity contribution in [2.45, 2.75) is 45.6 Å². The second-order valence-corrected chi connectivity index (χ2v) is 12.1. The molecule has 43 heavy (non-hydrogen) atoms. The molecule has 2 aliphatic rings. The molecule has 6 rings (SSSR count). The van der Waals surface area contributed by atoms with E-state index < -0.39 is 5.97 Å². The summed E-state index contributed by atoms with van der Waals surface area (Å²) in [6, 6.07) is 17.1. The van der Waals surface area contributed by atoms with E-state index in [9.17, 15) is 14.7 Å². The van der Waals surface area contributed by atoms with Gasteiger partial charge in [0, 0.05) is 48.2 Å². The van der Waals surface area contributed by atoms with E-state index in [-0.39, 0.29) is 11.6 Å². The fourth-order valence-corrected chi connectivity index (χ4v) is 6.89. The molecule has 4 aromatic rings. The summed E-state index contributed by atoms with van der Waals surface area (Å²) in [5.74, 6) is -0.251. The van der Waals surface area contributed by atoms with Crippen LogP contribution in [0.2, 0.25) is 0 Å². The minimum atomic E-state index is -1.13. The number of para-hydroxylation sites is 1. The highest BCUT2D eigenvalue weighted by molar-refractivity contribution is 7.22. The maximum Gasteiger partial charge on any atom is 0.355 e. The lowest BCUT2D eigenvalue weighted by molar-refractivity contribution is 0.0690. The van der Waals surface area contributed by atoms with E-state index in [4.69, 9.17) is 10.7 Å². The van der Waals surface area contributed by atoms with Gasteiger partial charge in [-0.15, -0.1) is 0 Å². The molecule has 2 aromatic carbocycles. The number of hydrogen-bond acceptors (Lipinski definition) is 8. The average Bonchev–Trinajstić information content (AvgIpc) is 3.69. The van der Waals surface area contributed by atoms with Crippen molar-refractivity contribution < 1.29 is 14.7 Å². The lowest BCUT2D eigenvalue weighted by Gasteiger charge is -2.31. The van der Waals surface area contributed by atoms with Crippen LogP contribution >= 0.6 is 11.3 Å². The molecule has 1 aliphatic heterocycles. The highest BCUT2D eigenvalue weighted by Gasteiger charge is 2.26. The Bertz CT molecular complexity index is 1720. The summed E-state index contributed by atoms with van der Waals surface area (Å²) in [5.41, 5.74) is 11.1. The molecule has 220 valence electrons. The van der Waals surface area contributed by atoms with Gasteiger partial charge in [0.1, 0.15) is 5.82 Å². The maximum atomic E-state index is 13.4. The van der Waals surface area contributed by atoms with Gasteiger partial charge in [-0.2, -0.15) is 0 Å². The molecule has 1 fully saturated rings. The first kappa shape index (κ1) is 28.5. The van der Waals surface area contributed by atoms with Crippen molar-refractivity contribution in [2.75, 3.05) is 23.3 Å². The molecule has 10 heteroatoms. The number of rotatable bonds is 8. The zero-order chi connectivity index (χ0) is 29.9. The van der Waals surface area contributed by atoms with Gasteiger partial charge >= 0.3 is 5.97 Å². The topological polar surface area (TPSA) is 134 Å². The number of nitrogens with zero attached hydrogens (tertiary/aromatic N) is 4. The summed E-state index contributed by atoms with van der Waals surface area (Å²) in [6.45, 7) is 3.66. The number of benzene rings is 2. The number of aromatic nitrogens is 2. The molecule has 1 saturated carbocycles. The van der Waals surface area contributed by atoms with E-state index in [0.29, 0.717) is 58.8 Å². The zero-order valence-corrected chi connectivity index (χ0v) is 24.9. The van der Waals surface area contributed by atoms with Crippen LogP contribution in [0.15, 0.2) is 65.8 Å². The Kier molecular flexibility index (Phi) is 8.20. The van der Waals surface area contributed by atoms with Gasteiger partial charge in [-0.05, 0) is 73.6 Å². The van der Waals surface area contributed by atoms with Gasteiger partial charge in [0.15, 0.2) is 10.8 Å². The molecule has 3 heterocycles. The van der Waals surface area contributed by atoms with Crippen LogP contribution in [0.1, 0.15) is 70.1 Å². The minimum absolute atomic E-state index is 0.0720. The predicted octanol–water partition coefficient (Wildman–Crippen LogP) is 6.16. The molecular formula is C33H34N6O3S. The molecule has 0 atom stereocenters. The van der Waals surface area contributed by atoms with Crippen molar-refractivity contribution in [1.29, 1.82) is 0 Å². The first-order valence-electron chi connectivity index (χ1n) is 14.6. The third-order valence-electron chi connectivity index (χ3n) is 8.35. The molecular weight excluding hydrogens is 560 g/mol. The summed E-state index contributed by atoms with van der Waals surface area (Å²) in [6.07, 6.45) is 6.96. The molecule has 0 saturated heterocycles. The fraction of sp³-hybridized carbons (Fsp3) is 0.303. The maximum absolute atomic E-state index is 13.4. The number of fused-ring (bicyclic) bond motifs is 2. The van der Waals surface area contributed by atoms with Crippen LogP contribution in [0.4, 0.5) is 10.9 Å². The van der Waals surface area contributed by atoms with Crippen LogP contribution < -0.4 is 16.0 Å². The Labute approximate surface area is 254 Å². The van der Waals surface area contributed by atoms with Crippen LogP contribution in [0.3, 0.4) is 0 Å². The lowest BCUT2D eigenvalue weighted by Crippen LogP contribution is -2.33. The first-order chi connectivity index (χ1) is 20.9. The summed E-state index contributed by atoms with van der Waals surface area (Å²) in [4.78, 5) is 41.7. The molecule has 9 nitrogen and oxygen atoms in total. The number of allylic oxidation sites excluding steroid dienone is 1. The van der Waals surface area contributed by atoms with Crippen molar-refractivity contribution in [2.24, 2.45) is 16.6 Å². The van der Waals surface area contributed by atoms with Crippen molar-refractivity contribution in [1.82, 2.24) is 9.97 Å². The number of amides is 1. The Morgan fingerprint density at radius 3 is 2.67 bits per heavy atom. The third kappa shape index (κ3) is 6.01. The van der Waals surface area contributed by atoms with Gasteiger partial charge in [0.2, 0.25) is 0 Å². The van der Waals surface area contributed by atoms with Crippen LogP contribution in [-0.4, -0.2) is 45.8 Å². The first-order valence-corrected chi connectivity index (χ1v) is 15.4. The van der Waals surface area contributed by atoms with Crippen molar-refractivity contribution >= 4 is 55.7 Å². The Hall–Kier alpha value is -4.57. The van der Waals surface area contributed by atoms with Crippen LogP contribution in [0.5, 0.6) is 0 Å². The van der Waals surface area contributed by atoms with Crippen LogP contribution in [0.25, 0.3) is 15.8 Å². The third-order valence-corrected chi connectivity index (χ3v) is 9.30. The van der Waals surface area contributed by atoms with Gasteiger partial charge < -0.3 is 15.7 Å². The average molecular weight is 595 g/mol. The molecule has 0 bridgehead atoms. The molecule has 1 aliphatic carbocycles. The second kappa shape index (κ2) is 12.3. The highest BCUT2D eigenvalue weighted by Crippen LogP contribution is 2.31. The van der Waals surface area contributed by atoms with E-state index in [1.54, 1.807) is 6.07 Å². The summed E-state index contributed by atoms with van der Waals surface area (Å²) < 4.78 is 1.01. The molecule has 0 radical (unpaired) electrons. The number of thiazole rings is 1. The fourth-order valence-electron chi connectivity index (χ4n) is 6.03. The molecule has 0 unspecified atom stereocenters. The van der Waals surface area contributed by atoms with E-state index in [1.165, 1.54) is 43.2 Å². The number of hydrogen-bond donors (Lipinski definition) is 3. The largest absolute Gasteiger partial charge is 0.476 e. The molecule has 2 aromatic heterocycles. The van der Waals surface area contributed by atoms with Crippen LogP contribution in [-0.2, 0) is 13.0 Å². The number of carboxylic acid groups (broad SMARTS) is 1. The number of anilines is 2. The Morgan fingerprint density at radius 1 is 1.09 bits per heavy atom. The number of carboxylic acids is 1. The molecule has 0 spiro atoms. The van der Waals surface area contributed by atoms with E-state index in [1.807, 2.05) is 60.4 Å². The summed E-state index contributed by atoms with van der Waals surface area (Å²) in [7, 11) is 0. The normalized spacial score (nSPS) is 16.0. The van der Waals surface area contributed by atoms with Crippen molar-refractivity contribution in [3.63, 3.8) is 0 Å².